The minimum atomic E-state index is 0.302. The molecule has 1 aromatic heterocycles. The van der Waals surface area contributed by atoms with Crippen LogP contribution in [0, 0.1) is 0 Å². The monoisotopic (exact) mass is 378 g/mol. The van der Waals surface area contributed by atoms with Gasteiger partial charge in [-0.15, -0.1) is 11.3 Å². The van der Waals surface area contributed by atoms with Crippen LogP contribution in [0.2, 0.25) is 0 Å². The van der Waals surface area contributed by atoms with Crippen LogP contribution in [-0.4, -0.2) is 49.0 Å². The second-order valence-corrected chi connectivity index (χ2v) is 7.75. The zero-order chi connectivity index (χ0) is 17.5. The summed E-state index contributed by atoms with van der Waals surface area (Å²) in [6.45, 7) is 1.94. The minimum Gasteiger partial charge on any atom is -0.454 e. The first-order valence-corrected chi connectivity index (χ1v) is 9.95. The molecular weight excluding hydrogens is 356 g/mol. The Labute approximate surface area is 156 Å². The van der Waals surface area contributed by atoms with Crippen LogP contribution < -0.4 is 14.8 Å². The molecule has 0 saturated heterocycles. The Bertz CT molecular complexity index is 707. The Balaban J connectivity index is 1.42. The lowest BCUT2D eigenvalue weighted by Gasteiger charge is -2.22. The first kappa shape index (κ1) is 17.9. The van der Waals surface area contributed by atoms with E-state index in [2.05, 4.69) is 26.3 Å². The number of aromatic nitrogens is 1. The van der Waals surface area contributed by atoms with Crippen LogP contribution in [0.15, 0.2) is 39.1 Å². The maximum atomic E-state index is 5.44. The normalized spacial score (nSPS) is 13.1. The van der Waals surface area contributed by atoms with Crippen LogP contribution in [0.3, 0.4) is 0 Å². The van der Waals surface area contributed by atoms with Crippen LogP contribution in [-0.2, 0) is 6.54 Å². The van der Waals surface area contributed by atoms with E-state index >= 15 is 0 Å². The van der Waals surface area contributed by atoms with Crippen molar-refractivity contribution in [3.63, 3.8) is 0 Å². The molecule has 2 heterocycles. The van der Waals surface area contributed by atoms with Gasteiger partial charge in [0.1, 0.15) is 4.34 Å². The summed E-state index contributed by atoms with van der Waals surface area (Å²) >= 11 is 3.48. The van der Waals surface area contributed by atoms with Gasteiger partial charge in [0, 0.05) is 44.5 Å². The third-order valence-electron chi connectivity index (χ3n) is 3.67. The Morgan fingerprint density at radius 3 is 3.08 bits per heavy atom. The van der Waals surface area contributed by atoms with Gasteiger partial charge in [-0.25, -0.2) is 4.98 Å². The minimum absolute atomic E-state index is 0.302. The average Bonchev–Trinajstić information content (AvgIpc) is 3.29. The molecular formula is C17H22N4O2S2. The van der Waals surface area contributed by atoms with Crippen molar-refractivity contribution in [2.24, 2.45) is 4.99 Å². The molecule has 0 amide bonds. The Hall–Kier alpha value is -1.93. The van der Waals surface area contributed by atoms with E-state index < -0.39 is 0 Å². The number of rotatable bonds is 7. The molecule has 8 heteroatoms. The fourth-order valence-electron chi connectivity index (χ4n) is 2.49. The number of aliphatic imine (C=N–C) groups is 1. The molecule has 0 fully saturated rings. The highest BCUT2D eigenvalue weighted by Gasteiger charge is 2.14. The number of ether oxygens (including phenoxy) is 2. The van der Waals surface area contributed by atoms with Crippen LogP contribution in [0.1, 0.15) is 12.0 Å². The van der Waals surface area contributed by atoms with Gasteiger partial charge in [0.15, 0.2) is 17.5 Å². The average molecular weight is 379 g/mol. The van der Waals surface area contributed by atoms with E-state index in [0.29, 0.717) is 6.79 Å². The number of thioether (sulfide) groups is 1. The smallest absolute Gasteiger partial charge is 0.231 e. The molecule has 25 heavy (non-hydrogen) atoms. The summed E-state index contributed by atoms with van der Waals surface area (Å²) in [6.07, 6.45) is 2.90. The third-order valence-corrected chi connectivity index (χ3v) is 5.72. The molecule has 3 rings (SSSR count). The van der Waals surface area contributed by atoms with Gasteiger partial charge in [0.2, 0.25) is 6.79 Å². The van der Waals surface area contributed by atoms with Gasteiger partial charge in [-0.2, -0.15) is 0 Å². The molecule has 1 aliphatic heterocycles. The summed E-state index contributed by atoms with van der Waals surface area (Å²) in [5.74, 6) is 3.56. The Morgan fingerprint density at radius 2 is 2.28 bits per heavy atom. The molecule has 0 unspecified atom stereocenters. The van der Waals surface area contributed by atoms with Crippen molar-refractivity contribution in [1.82, 2.24) is 15.2 Å². The number of benzene rings is 1. The number of fused-ring (bicyclic) bond motifs is 1. The van der Waals surface area contributed by atoms with Crippen molar-refractivity contribution in [2.45, 2.75) is 17.3 Å². The van der Waals surface area contributed by atoms with E-state index in [1.165, 1.54) is 0 Å². The van der Waals surface area contributed by atoms with Crippen molar-refractivity contribution in [2.75, 3.05) is 33.2 Å². The summed E-state index contributed by atoms with van der Waals surface area (Å²) in [4.78, 5) is 10.7. The fourth-order valence-corrected chi connectivity index (χ4v) is 4.13. The van der Waals surface area contributed by atoms with E-state index in [1.54, 1.807) is 23.1 Å². The summed E-state index contributed by atoms with van der Waals surface area (Å²) in [6, 6.07) is 6.04. The van der Waals surface area contributed by atoms with Crippen LogP contribution in [0.4, 0.5) is 0 Å². The van der Waals surface area contributed by atoms with Gasteiger partial charge in [-0.05, 0) is 24.1 Å². The van der Waals surface area contributed by atoms with E-state index in [0.717, 1.165) is 52.6 Å². The van der Waals surface area contributed by atoms with Crippen molar-refractivity contribution in [3.05, 3.63) is 35.3 Å². The summed E-state index contributed by atoms with van der Waals surface area (Å²) in [5.41, 5.74) is 1.16. The van der Waals surface area contributed by atoms with Gasteiger partial charge in [0.25, 0.3) is 0 Å². The molecule has 1 N–H and O–H groups in total. The van der Waals surface area contributed by atoms with E-state index in [1.807, 2.05) is 37.8 Å². The van der Waals surface area contributed by atoms with Gasteiger partial charge in [-0.1, -0.05) is 17.8 Å². The van der Waals surface area contributed by atoms with Crippen molar-refractivity contribution in [1.29, 1.82) is 0 Å². The number of nitrogens with zero attached hydrogens (tertiary/aromatic N) is 3. The lowest BCUT2D eigenvalue weighted by molar-refractivity contribution is 0.174. The number of hydrogen-bond donors (Lipinski definition) is 1. The molecule has 0 atom stereocenters. The second-order valence-electron chi connectivity index (χ2n) is 5.52. The van der Waals surface area contributed by atoms with E-state index in [4.69, 9.17) is 9.47 Å². The van der Waals surface area contributed by atoms with Crippen LogP contribution in [0.25, 0.3) is 0 Å². The summed E-state index contributed by atoms with van der Waals surface area (Å²) in [7, 11) is 3.84. The van der Waals surface area contributed by atoms with E-state index in [-0.39, 0.29) is 0 Å². The zero-order valence-electron chi connectivity index (χ0n) is 14.4. The maximum absolute atomic E-state index is 5.44. The molecule has 134 valence electrons. The predicted octanol–water partition coefficient (Wildman–Crippen LogP) is 3.06. The molecule has 6 nitrogen and oxygen atoms in total. The van der Waals surface area contributed by atoms with Crippen LogP contribution in [0.5, 0.6) is 11.5 Å². The van der Waals surface area contributed by atoms with Gasteiger partial charge in [-0.3, -0.25) is 4.99 Å². The first-order chi connectivity index (χ1) is 12.3. The van der Waals surface area contributed by atoms with Crippen molar-refractivity contribution < 1.29 is 9.47 Å². The third kappa shape index (κ3) is 5.02. The van der Waals surface area contributed by atoms with Crippen molar-refractivity contribution in [3.8, 4) is 11.5 Å². The standard InChI is InChI=1S/C17H22N4O2S2/c1-18-16(19-6-3-8-24-17-20-7-9-25-17)21(2)11-13-4-5-14-15(10-13)23-12-22-14/h4-5,7,9-10H,3,6,8,11-12H2,1-2H3,(H,18,19). The van der Waals surface area contributed by atoms with Crippen molar-refractivity contribution >= 4 is 29.1 Å². The SMILES string of the molecule is CN=C(NCCCSc1nccs1)N(C)Cc1ccc2c(c1)OCO2. The molecule has 1 aromatic carbocycles. The Kier molecular flexibility index (Phi) is 6.41. The number of thiazole rings is 1. The molecule has 1 aliphatic rings. The number of guanidine groups is 1. The fraction of sp³-hybridized carbons (Fsp3) is 0.412. The largest absolute Gasteiger partial charge is 0.454 e. The highest BCUT2D eigenvalue weighted by Crippen LogP contribution is 2.32. The lowest BCUT2D eigenvalue weighted by atomic mass is 10.2. The molecule has 0 saturated carbocycles. The molecule has 0 radical (unpaired) electrons. The highest BCUT2D eigenvalue weighted by molar-refractivity contribution is 8.00. The van der Waals surface area contributed by atoms with Gasteiger partial charge >= 0.3 is 0 Å². The predicted molar refractivity (Wildman–Crippen MR) is 103 cm³/mol. The maximum Gasteiger partial charge on any atom is 0.231 e. The second kappa shape index (κ2) is 8.96. The highest BCUT2D eigenvalue weighted by atomic mass is 32.2. The Morgan fingerprint density at radius 1 is 1.40 bits per heavy atom. The summed E-state index contributed by atoms with van der Waals surface area (Å²) in [5, 5.41) is 5.42. The first-order valence-electron chi connectivity index (χ1n) is 8.09. The molecule has 0 spiro atoms. The number of nitrogens with one attached hydrogen (secondary N) is 1. The quantitative estimate of drug-likeness (QED) is 0.346. The molecule has 2 aromatic rings. The zero-order valence-corrected chi connectivity index (χ0v) is 16.0. The molecule has 0 aliphatic carbocycles. The van der Waals surface area contributed by atoms with E-state index in [9.17, 15) is 0 Å². The summed E-state index contributed by atoms with van der Waals surface area (Å²) < 4.78 is 11.9. The van der Waals surface area contributed by atoms with Gasteiger partial charge in [0.05, 0.1) is 0 Å². The van der Waals surface area contributed by atoms with Gasteiger partial charge < -0.3 is 19.7 Å². The van der Waals surface area contributed by atoms with Crippen LogP contribution >= 0.6 is 23.1 Å². The molecule has 0 bridgehead atoms. The lowest BCUT2D eigenvalue weighted by Crippen LogP contribution is -2.39. The number of hydrogen-bond acceptors (Lipinski definition) is 6. The topological polar surface area (TPSA) is 59.0 Å².